The van der Waals surface area contributed by atoms with Gasteiger partial charge in [0.05, 0.1) is 11.5 Å². The minimum absolute atomic E-state index is 0.0566. The average Bonchev–Trinajstić information content (AvgIpc) is 3.34. The van der Waals surface area contributed by atoms with Crippen molar-refractivity contribution in [1.82, 2.24) is 5.32 Å². The van der Waals surface area contributed by atoms with E-state index in [1.807, 2.05) is 42.5 Å². The third-order valence-electron chi connectivity index (χ3n) is 4.93. The molecule has 0 amide bonds. The van der Waals surface area contributed by atoms with Gasteiger partial charge in [-0.1, -0.05) is 42.5 Å². The van der Waals surface area contributed by atoms with E-state index in [4.69, 9.17) is 9.47 Å². The Morgan fingerprint density at radius 1 is 0.935 bits per heavy atom. The third kappa shape index (κ3) is 5.39. The molecular formula is C24H23N3O4. The Morgan fingerprint density at radius 3 is 2.32 bits per heavy atom. The predicted molar refractivity (Wildman–Crippen MR) is 119 cm³/mol. The second-order valence-corrected chi connectivity index (χ2v) is 7.15. The summed E-state index contributed by atoms with van der Waals surface area (Å²) in [6.45, 7) is 1.82. The highest BCUT2D eigenvalue weighted by atomic mass is 16.6. The van der Waals surface area contributed by atoms with E-state index in [-0.39, 0.29) is 18.4 Å². The number of hydrogen-bond acceptors (Lipinski definition) is 6. The molecule has 4 rings (SSSR count). The molecule has 3 aromatic carbocycles. The Kier molecular flexibility index (Phi) is 6.42. The van der Waals surface area contributed by atoms with Crippen LogP contribution in [-0.4, -0.2) is 30.0 Å². The van der Waals surface area contributed by atoms with Crippen LogP contribution in [-0.2, 0) is 13.0 Å². The van der Waals surface area contributed by atoms with Gasteiger partial charge in [0.2, 0.25) is 0 Å². The highest BCUT2D eigenvalue weighted by Gasteiger charge is 2.22. The topological polar surface area (TPSA) is 86.0 Å². The molecule has 7 heteroatoms. The summed E-state index contributed by atoms with van der Waals surface area (Å²) in [5.41, 5.74) is 2.05. The summed E-state index contributed by atoms with van der Waals surface area (Å²) in [6.07, 6.45) is 0.428. The molecule has 0 saturated heterocycles. The number of nitrogens with zero attached hydrogens (tertiary/aromatic N) is 2. The molecule has 7 nitrogen and oxygen atoms in total. The molecule has 0 saturated carbocycles. The second kappa shape index (κ2) is 9.75. The molecule has 1 unspecified atom stereocenters. The number of para-hydroxylation sites is 2. The smallest absolute Gasteiger partial charge is 0.269 e. The molecule has 1 aliphatic rings. The van der Waals surface area contributed by atoms with Crippen molar-refractivity contribution >= 4 is 11.5 Å². The second-order valence-electron chi connectivity index (χ2n) is 7.15. The Bertz CT molecular complexity index is 1050. The fourth-order valence-corrected chi connectivity index (χ4v) is 3.35. The highest BCUT2D eigenvalue weighted by Crippen LogP contribution is 2.29. The summed E-state index contributed by atoms with van der Waals surface area (Å²) < 4.78 is 12.3. The Morgan fingerprint density at radius 2 is 1.65 bits per heavy atom. The molecule has 158 valence electrons. The quantitative estimate of drug-likeness (QED) is 0.417. The minimum atomic E-state index is -0.416. The molecule has 1 heterocycles. The Balaban J connectivity index is 1.48. The van der Waals surface area contributed by atoms with Crippen molar-refractivity contribution in [3.8, 4) is 11.5 Å². The van der Waals surface area contributed by atoms with Gasteiger partial charge in [0.25, 0.3) is 5.69 Å². The molecule has 0 radical (unpaired) electrons. The lowest BCUT2D eigenvalue weighted by Crippen LogP contribution is -2.37. The number of non-ortho nitro benzene ring substituents is 1. The zero-order valence-corrected chi connectivity index (χ0v) is 16.9. The monoisotopic (exact) mass is 417 g/mol. The van der Waals surface area contributed by atoms with E-state index in [1.165, 1.54) is 12.1 Å². The van der Waals surface area contributed by atoms with E-state index in [1.54, 1.807) is 12.1 Å². The van der Waals surface area contributed by atoms with Crippen LogP contribution in [0.3, 0.4) is 0 Å². The molecule has 3 aromatic rings. The number of benzene rings is 3. The van der Waals surface area contributed by atoms with E-state index in [0.29, 0.717) is 17.9 Å². The van der Waals surface area contributed by atoms with Crippen LogP contribution in [0.4, 0.5) is 5.69 Å². The number of nitro groups is 1. The maximum absolute atomic E-state index is 10.8. The van der Waals surface area contributed by atoms with E-state index < -0.39 is 4.92 Å². The first-order valence-electron chi connectivity index (χ1n) is 10.1. The normalized spacial score (nSPS) is 13.7. The van der Waals surface area contributed by atoms with Crippen LogP contribution < -0.4 is 14.8 Å². The molecule has 0 aromatic heterocycles. The van der Waals surface area contributed by atoms with Crippen molar-refractivity contribution < 1.29 is 14.4 Å². The maximum Gasteiger partial charge on any atom is 0.269 e. The maximum atomic E-state index is 10.8. The molecule has 1 atom stereocenters. The number of rotatable bonds is 9. The molecule has 0 fully saturated rings. The van der Waals surface area contributed by atoms with Crippen LogP contribution >= 0.6 is 0 Å². The summed E-state index contributed by atoms with van der Waals surface area (Å²) in [5.74, 6) is 2.08. The number of hydrogen-bond donors (Lipinski definition) is 1. The largest absolute Gasteiger partial charge is 0.485 e. The number of nitro benzene ring substituents is 1. The van der Waals surface area contributed by atoms with Crippen LogP contribution in [0.2, 0.25) is 0 Å². The third-order valence-corrected chi connectivity index (χ3v) is 4.93. The summed E-state index contributed by atoms with van der Waals surface area (Å²) >= 11 is 0. The Labute approximate surface area is 180 Å². The van der Waals surface area contributed by atoms with E-state index in [9.17, 15) is 10.1 Å². The highest BCUT2D eigenvalue weighted by molar-refractivity contribution is 5.88. The van der Waals surface area contributed by atoms with E-state index >= 15 is 0 Å². The first-order chi connectivity index (χ1) is 15.2. The molecule has 1 N–H and O–H groups in total. The fraction of sp³-hybridized carbons (Fsp3) is 0.208. The van der Waals surface area contributed by atoms with E-state index in [0.717, 1.165) is 30.1 Å². The lowest BCUT2D eigenvalue weighted by Gasteiger charge is -2.21. The van der Waals surface area contributed by atoms with Gasteiger partial charge >= 0.3 is 0 Å². The zero-order chi connectivity index (χ0) is 21.5. The van der Waals surface area contributed by atoms with Crippen LogP contribution in [0, 0.1) is 10.1 Å². The summed E-state index contributed by atoms with van der Waals surface area (Å²) in [6, 6.07) is 24.0. The summed E-state index contributed by atoms with van der Waals surface area (Å²) in [5, 5.41) is 14.1. The van der Waals surface area contributed by atoms with Gasteiger partial charge in [0.15, 0.2) is 17.6 Å². The molecule has 1 aliphatic heterocycles. The molecule has 0 bridgehead atoms. The standard InChI is InChI=1S/C24H23N3O4/c28-27(29)20-12-10-19(11-13-20)17-30-21-8-4-5-9-22(21)31-23(24-25-14-15-26-24)16-18-6-2-1-3-7-18/h1-13,23H,14-17H2,(H,25,26). The fourth-order valence-electron chi connectivity index (χ4n) is 3.35. The molecule has 31 heavy (non-hydrogen) atoms. The minimum Gasteiger partial charge on any atom is -0.485 e. The lowest BCUT2D eigenvalue weighted by molar-refractivity contribution is -0.384. The summed E-state index contributed by atoms with van der Waals surface area (Å²) in [7, 11) is 0. The predicted octanol–water partition coefficient (Wildman–Crippen LogP) is 4.17. The van der Waals surface area contributed by atoms with Gasteiger partial charge in [-0.15, -0.1) is 0 Å². The van der Waals surface area contributed by atoms with Gasteiger partial charge in [0.1, 0.15) is 12.4 Å². The molecule has 0 spiro atoms. The zero-order valence-electron chi connectivity index (χ0n) is 16.9. The van der Waals surface area contributed by atoms with Crippen LogP contribution in [0.1, 0.15) is 11.1 Å². The average molecular weight is 417 g/mol. The summed E-state index contributed by atoms with van der Waals surface area (Å²) in [4.78, 5) is 15.0. The number of ether oxygens (including phenoxy) is 2. The number of amidine groups is 1. The SMILES string of the molecule is O=[N+]([O-])c1ccc(COc2ccccc2OC(Cc2ccccc2)C2=NCCN2)cc1. The van der Waals surface area contributed by atoms with E-state index in [2.05, 4.69) is 22.4 Å². The van der Waals surface area contributed by atoms with Crippen molar-refractivity contribution in [2.24, 2.45) is 4.99 Å². The van der Waals surface area contributed by atoms with Gasteiger partial charge in [0, 0.05) is 25.1 Å². The number of aliphatic imine (C=N–C) groups is 1. The van der Waals surface area contributed by atoms with Gasteiger partial charge < -0.3 is 14.8 Å². The van der Waals surface area contributed by atoms with Crippen LogP contribution in [0.15, 0.2) is 83.9 Å². The Hall–Kier alpha value is -3.87. The van der Waals surface area contributed by atoms with Gasteiger partial charge in [-0.25, -0.2) is 0 Å². The van der Waals surface area contributed by atoms with Gasteiger partial charge in [-0.3, -0.25) is 15.1 Å². The van der Waals surface area contributed by atoms with Crippen molar-refractivity contribution in [2.75, 3.05) is 13.1 Å². The first-order valence-corrected chi connectivity index (χ1v) is 10.1. The first kappa shape index (κ1) is 20.4. The van der Waals surface area contributed by atoms with Crippen molar-refractivity contribution in [1.29, 1.82) is 0 Å². The van der Waals surface area contributed by atoms with Crippen molar-refractivity contribution in [3.05, 3.63) is 100 Å². The molecule has 0 aliphatic carbocycles. The van der Waals surface area contributed by atoms with Crippen LogP contribution in [0.5, 0.6) is 11.5 Å². The lowest BCUT2D eigenvalue weighted by atomic mass is 10.1. The van der Waals surface area contributed by atoms with Gasteiger partial charge in [-0.2, -0.15) is 0 Å². The molecular weight excluding hydrogens is 394 g/mol. The van der Waals surface area contributed by atoms with Crippen LogP contribution in [0.25, 0.3) is 0 Å². The van der Waals surface area contributed by atoms with Gasteiger partial charge in [-0.05, 0) is 35.4 Å². The van der Waals surface area contributed by atoms with Crippen molar-refractivity contribution in [2.45, 2.75) is 19.1 Å². The van der Waals surface area contributed by atoms with Crippen molar-refractivity contribution in [3.63, 3.8) is 0 Å². The number of nitrogens with one attached hydrogen (secondary N) is 1.